The van der Waals surface area contributed by atoms with E-state index in [1.54, 1.807) is 0 Å². The van der Waals surface area contributed by atoms with Crippen molar-refractivity contribution in [1.29, 1.82) is 0 Å². The maximum absolute atomic E-state index is 4.32. The Morgan fingerprint density at radius 2 is 2.11 bits per heavy atom. The third kappa shape index (κ3) is 4.18. The van der Waals surface area contributed by atoms with Gasteiger partial charge in [0.2, 0.25) is 0 Å². The van der Waals surface area contributed by atoms with Gasteiger partial charge in [-0.2, -0.15) is 0 Å². The summed E-state index contributed by atoms with van der Waals surface area (Å²) in [4.78, 5) is 1.26. The van der Waals surface area contributed by atoms with Crippen molar-refractivity contribution < 1.29 is 0 Å². The van der Waals surface area contributed by atoms with Gasteiger partial charge in [-0.3, -0.25) is 0 Å². The molecule has 0 bridgehead atoms. The largest absolute Gasteiger partial charge is 0.309 e. The number of nitrogens with zero attached hydrogens (tertiary/aromatic N) is 2. The maximum Gasteiger partial charge on any atom is 0.0857 e. The number of rotatable bonds is 6. The third-order valence-corrected chi connectivity index (χ3v) is 3.57. The summed E-state index contributed by atoms with van der Waals surface area (Å²) in [6.45, 7) is 15.9. The third-order valence-electron chi connectivity index (χ3n) is 2.73. The van der Waals surface area contributed by atoms with Gasteiger partial charge in [0, 0.05) is 11.5 Å². The Bertz CT molecular complexity index is 390. The van der Waals surface area contributed by atoms with Gasteiger partial charge in [0.15, 0.2) is 0 Å². The molecule has 18 heavy (non-hydrogen) atoms. The van der Waals surface area contributed by atoms with Gasteiger partial charge < -0.3 is 5.32 Å². The summed E-state index contributed by atoms with van der Waals surface area (Å²) in [6, 6.07) is 0.302. The lowest BCUT2D eigenvalue weighted by Crippen LogP contribution is -2.25. The van der Waals surface area contributed by atoms with Crippen LogP contribution < -0.4 is 5.32 Å². The second-order valence-electron chi connectivity index (χ2n) is 5.90. The van der Waals surface area contributed by atoms with E-state index in [2.05, 4.69) is 56.1 Å². The van der Waals surface area contributed by atoms with Crippen LogP contribution in [0.25, 0.3) is 0 Å². The molecule has 0 aliphatic carbocycles. The van der Waals surface area contributed by atoms with E-state index in [-0.39, 0.29) is 5.41 Å². The van der Waals surface area contributed by atoms with Crippen LogP contribution in [0.5, 0.6) is 0 Å². The summed E-state index contributed by atoms with van der Waals surface area (Å²) in [7, 11) is 0. The Hall–Kier alpha value is -0.740. The molecule has 1 heterocycles. The fourth-order valence-electron chi connectivity index (χ4n) is 1.87. The van der Waals surface area contributed by atoms with Crippen LogP contribution in [0.2, 0.25) is 0 Å². The Labute approximate surface area is 115 Å². The van der Waals surface area contributed by atoms with E-state index in [4.69, 9.17) is 0 Å². The van der Waals surface area contributed by atoms with Crippen LogP contribution in [0.1, 0.15) is 64.1 Å². The highest BCUT2D eigenvalue weighted by atomic mass is 32.1. The van der Waals surface area contributed by atoms with Gasteiger partial charge >= 0.3 is 0 Å². The van der Waals surface area contributed by atoms with Crippen LogP contribution >= 0.6 is 11.5 Å². The SMILES string of the molecule is C=C(C)CC(NCCC)c1snnc1C(C)(C)C. The van der Waals surface area contributed by atoms with Gasteiger partial charge in [-0.05, 0) is 37.8 Å². The van der Waals surface area contributed by atoms with Crippen molar-refractivity contribution >= 4 is 11.5 Å². The molecule has 0 fully saturated rings. The molecule has 0 saturated heterocycles. The molecule has 0 saturated carbocycles. The standard InChI is InChI=1S/C14H25N3S/c1-7-8-15-11(9-10(2)3)12-13(14(4,5)6)16-17-18-12/h11,15H,2,7-9H2,1,3-6H3. The molecular weight excluding hydrogens is 242 g/mol. The summed E-state index contributed by atoms with van der Waals surface area (Å²) in [5.41, 5.74) is 2.35. The predicted molar refractivity (Wildman–Crippen MR) is 79.1 cm³/mol. The molecule has 0 aliphatic rings. The maximum atomic E-state index is 4.32. The first-order chi connectivity index (χ1) is 8.36. The monoisotopic (exact) mass is 267 g/mol. The Balaban J connectivity index is 2.97. The minimum atomic E-state index is 0.0452. The normalized spacial score (nSPS) is 13.6. The molecule has 1 unspecified atom stereocenters. The number of hydrogen-bond acceptors (Lipinski definition) is 4. The second kappa shape index (κ2) is 6.43. The molecule has 0 radical (unpaired) electrons. The second-order valence-corrected chi connectivity index (χ2v) is 6.69. The van der Waals surface area contributed by atoms with Crippen molar-refractivity contribution in [3.05, 3.63) is 22.7 Å². The smallest absolute Gasteiger partial charge is 0.0857 e. The van der Waals surface area contributed by atoms with Crippen LogP contribution in [-0.2, 0) is 5.41 Å². The van der Waals surface area contributed by atoms with Crippen LogP contribution in [0.15, 0.2) is 12.2 Å². The van der Waals surface area contributed by atoms with Crippen LogP contribution in [0.3, 0.4) is 0 Å². The number of aromatic nitrogens is 2. The van der Waals surface area contributed by atoms with Gasteiger partial charge in [-0.1, -0.05) is 37.8 Å². The zero-order valence-corrected chi connectivity index (χ0v) is 13.0. The van der Waals surface area contributed by atoms with Gasteiger partial charge in [-0.25, -0.2) is 0 Å². The quantitative estimate of drug-likeness (QED) is 0.796. The molecule has 1 aromatic heterocycles. The lowest BCUT2D eigenvalue weighted by atomic mass is 9.89. The summed E-state index contributed by atoms with van der Waals surface area (Å²) in [5, 5.41) is 7.91. The highest BCUT2D eigenvalue weighted by molar-refractivity contribution is 7.05. The van der Waals surface area contributed by atoms with Gasteiger partial charge in [0.25, 0.3) is 0 Å². The summed E-state index contributed by atoms with van der Waals surface area (Å²) in [5.74, 6) is 0. The van der Waals surface area contributed by atoms with Crippen molar-refractivity contribution in [3.63, 3.8) is 0 Å². The zero-order valence-electron chi connectivity index (χ0n) is 12.2. The van der Waals surface area contributed by atoms with Crippen molar-refractivity contribution in [2.45, 2.75) is 58.9 Å². The van der Waals surface area contributed by atoms with Gasteiger partial charge in [0.05, 0.1) is 10.6 Å². The van der Waals surface area contributed by atoms with Gasteiger partial charge in [-0.15, -0.1) is 11.7 Å². The van der Waals surface area contributed by atoms with Crippen molar-refractivity contribution in [2.75, 3.05) is 6.54 Å². The fourth-order valence-corrected chi connectivity index (χ4v) is 2.81. The minimum Gasteiger partial charge on any atom is -0.309 e. The molecule has 1 atom stereocenters. The van der Waals surface area contributed by atoms with E-state index < -0.39 is 0 Å². The van der Waals surface area contributed by atoms with E-state index in [0.717, 1.165) is 25.1 Å². The van der Waals surface area contributed by atoms with E-state index >= 15 is 0 Å². The highest BCUT2D eigenvalue weighted by Gasteiger charge is 2.26. The molecule has 0 aliphatic heterocycles. The molecule has 4 heteroatoms. The lowest BCUT2D eigenvalue weighted by molar-refractivity contribution is 0.503. The van der Waals surface area contributed by atoms with Crippen molar-refractivity contribution in [2.24, 2.45) is 0 Å². The van der Waals surface area contributed by atoms with Gasteiger partial charge in [0.1, 0.15) is 0 Å². The molecule has 3 nitrogen and oxygen atoms in total. The first-order valence-electron chi connectivity index (χ1n) is 6.56. The molecule has 1 rings (SSSR count). The average molecular weight is 267 g/mol. The first-order valence-corrected chi connectivity index (χ1v) is 7.34. The average Bonchev–Trinajstić information content (AvgIpc) is 2.71. The molecule has 0 aromatic carbocycles. The summed E-state index contributed by atoms with van der Waals surface area (Å²) >= 11 is 1.51. The molecule has 0 amide bonds. The Kier molecular flexibility index (Phi) is 5.47. The van der Waals surface area contributed by atoms with Crippen molar-refractivity contribution in [3.8, 4) is 0 Å². The lowest BCUT2D eigenvalue weighted by Gasteiger charge is -2.22. The predicted octanol–water partition coefficient (Wildman–Crippen LogP) is 3.84. The molecule has 102 valence electrons. The fraction of sp³-hybridized carbons (Fsp3) is 0.714. The van der Waals surface area contributed by atoms with Crippen LogP contribution in [0.4, 0.5) is 0 Å². The van der Waals surface area contributed by atoms with E-state index in [9.17, 15) is 0 Å². The summed E-state index contributed by atoms with van der Waals surface area (Å²) in [6.07, 6.45) is 2.08. The van der Waals surface area contributed by atoms with E-state index in [1.165, 1.54) is 22.0 Å². The van der Waals surface area contributed by atoms with E-state index in [1.807, 2.05) is 0 Å². The zero-order chi connectivity index (χ0) is 13.8. The number of hydrogen-bond donors (Lipinski definition) is 1. The van der Waals surface area contributed by atoms with Crippen LogP contribution in [-0.4, -0.2) is 16.1 Å². The molecule has 0 spiro atoms. The number of nitrogens with one attached hydrogen (secondary N) is 1. The molecule has 1 aromatic rings. The van der Waals surface area contributed by atoms with Crippen LogP contribution in [0, 0.1) is 0 Å². The Morgan fingerprint density at radius 1 is 1.44 bits per heavy atom. The molecular formula is C14H25N3S. The molecule has 1 N–H and O–H groups in total. The topological polar surface area (TPSA) is 37.8 Å². The first kappa shape index (κ1) is 15.3. The minimum absolute atomic E-state index is 0.0452. The Morgan fingerprint density at radius 3 is 2.61 bits per heavy atom. The van der Waals surface area contributed by atoms with E-state index in [0.29, 0.717) is 6.04 Å². The highest BCUT2D eigenvalue weighted by Crippen LogP contribution is 2.32. The van der Waals surface area contributed by atoms with Crippen molar-refractivity contribution in [1.82, 2.24) is 14.9 Å². The summed E-state index contributed by atoms with van der Waals surface area (Å²) < 4.78 is 4.15.